The molecule has 154 valence electrons. The fourth-order valence-corrected chi connectivity index (χ4v) is 4.27. The number of hydrogen-bond donors (Lipinski definition) is 1. The molecule has 1 aromatic rings. The van der Waals surface area contributed by atoms with Gasteiger partial charge in [-0.15, -0.1) is 0 Å². The van der Waals surface area contributed by atoms with Crippen LogP contribution in [0, 0.1) is 12.8 Å². The Morgan fingerprint density at radius 3 is 2.57 bits per heavy atom. The molecular weight excluding hydrogens is 362 g/mol. The molecular formula is C20H29N3O5. The number of cyclic esters (lactones) is 1. The summed E-state index contributed by atoms with van der Waals surface area (Å²) in [6.07, 6.45) is 2.84. The predicted octanol–water partition coefficient (Wildman–Crippen LogP) is 2.51. The van der Waals surface area contributed by atoms with Crippen LogP contribution in [0.1, 0.15) is 37.2 Å². The third-order valence-corrected chi connectivity index (χ3v) is 6.14. The molecule has 1 aromatic heterocycles. The normalized spacial score (nSPS) is 22.9. The number of furan rings is 1. The first-order chi connectivity index (χ1) is 13.5. The van der Waals surface area contributed by atoms with Gasteiger partial charge in [-0.25, -0.2) is 9.59 Å². The van der Waals surface area contributed by atoms with E-state index in [-0.39, 0.29) is 6.03 Å². The van der Waals surface area contributed by atoms with E-state index >= 15 is 0 Å². The summed E-state index contributed by atoms with van der Waals surface area (Å²) >= 11 is 0. The number of aryl methyl sites for hydroxylation is 1. The summed E-state index contributed by atoms with van der Waals surface area (Å²) < 4.78 is 15.9. The van der Waals surface area contributed by atoms with Crippen molar-refractivity contribution < 1.29 is 23.5 Å². The van der Waals surface area contributed by atoms with Gasteiger partial charge in [0.25, 0.3) is 0 Å². The van der Waals surface area contributed by atoms with Crippen molar-refractivity contribution in [2.75, 3.05) is 39.3 Å². The molecule has 4 rings (SSSR count). The van der Waals surface area contributed by atoms with E-state index in [4.69, 9.17) is 13.9 Å². The molecule has 3 fully saturated rings. The van der Waals surface area contributed by atoms with Gasteiger partial charge in [-0.1, -0.05) is 0 Å². The molecule has 0 atom stereocenters. The zero-order valence-electron chi connectivity index (χ0n) is 16.4. The Morgan fingerprint density at radius 2 is 1.96 bits per heavy atom. The molecule has 3 aliphatic heterocycles. The van der Waals surface area contributed by atoms with E-state index in [0.29, 0.717) is 45.0 Å². The Bertz CT molecular complexity index is 702. The topological polar surface area (TPSA) is 84.2 Å². The van der Waals surface area contributed by atoms with Gasteiger partial charge >= 0.3 is 12.2 Å². The lowest BCUT2D eigenvalue weighted by molar-refractivity contribution is 0.00922. The highest BCUT2D eigenvalue weighted by Crippen LogP contribution is 2.31. The van der Waals surface area contributed by atoms with Crippen LogP contribution in [-0.2, 0) is 16.0 Å². The monoisotopic (exact) mass is 391 g/mol. The largest absolute Gasteiger partial charge is 0.509 e. The Labute approximate surface area is 165 Å². The lowest BCUT2D eigenvalue weighted by Gasteiger charge is -2.36. The van der Waals surface area contributed by atoms with Crippen LogP contribution in [0.3, 0.4) is 0 Å². The molecule has 3 aliphatic rings. The maximum absolute atomic E-state index is 12.5. The lowest BCUT2D eigenvalue weighted by atomic mass is 9.92. The highest BCUT2D eigenvalue weighted by atomic mass is 16.8. The highest BCUT2D eigenvalue weighted by Gasteiger charge is 2.45. The molecule has 0 unspecified atom stereocenters. The smallest absolute Gasteiger partial charge is 0.465 e. The zero-order valence-corrected chi connectivity index (χ0v) is 16.4. The second-order valence-corrected chi connectivity index (χ2v) is 8.23. The van der Waals surface area contributed by atoms with Crippen LogP contribution in [0.4, 0.5) is 9.59 Å². The van der Waals surface area contributed by atoms with Crippen LogP contribution in [0.2, 0.25) is 0 Å². The molecule has 4 heterocycles. The summed E-state index contributed by atoms with van der Waals surface area (Å²) in [5.74, 6) is 2.49. The summed E-state index contributed by atoms with van der Waals surface area (Å²) in [5.41, 5.74) is -0.521. The second-order valence-electron chi connectivity index (χ2n) is 8.23. The summed E-state index contributed by atoms with van der Waals surface area (Å²) in [5, 5.41) is 3.09. The van der Waals surface area contributed by atoms with Gasteiger partial charge in [-0.2, -0.15) is 0 Å². The molecule has 0 bridgehead atoms. The molecule has 2 amide bonds. The number of amides is 2. The summed E-state index contributed by atoms with van der Waals surface area (Å²) in [6.45, 7) is 7.07. The van der Waals surface area contributed by atoms with Crippen molar-refractivity contribution in [3.05, 3.63) is 23.7 Å². The molecule has 1 N–H and O–H groups in total. The van der Waals surface area contributed by atoms with Crippen LogP contribution >= 0.6 is 0 Å². The van der Waals surface area contributed by atoms with E-state index in [1.807, 2.05) is 24.0 Å². The molecule has 28 heavy (non-hydrogen) atoms. The number of likely N-dealkylation sites (tertiary alicyclic amines) is 2. The molecule has 0 aliphatic carbocycles. The fraction of sp³-hybridized carbons (Fsp3) is 0.700. The van der Waals surface area contributed by atoms with E-state index in [2.05, 4.69) is 10.2 Å². The molecule has 8 heteroatoms. The lowest BCUT2D eigenvalue weighted by Crippen LogP contribution is -2.51. The summed E-state index contributed by atoms with van der Waals surface area (Å²) in [6, 6.07) is 4.03. The van der Waals surface area contributed by atoms with Crippen LogP contribution in [0.5, 0.6) is 0 Å². The SMILES string of the molecule is Cc1ccc(CN2CCC(CNC(=O)N3CCC4(CC3)COC(=O)O4)CC2)o1. The van der Waals surface area contributed by atoms with Gasteiger partial charge in [0.2, 0.25) is 0 Å². The van der Waals surface area contributed by atoms with Gasteiger partial charge < -0.3 is 24.1 Å². The second kappa shape index (κ2) is 8.03. The number of nitrogens with zero attached hydrogens (tertiary/aromatic N) is 2. The maximum atomic E-state index is 12.5. The molecule has 8 nitrogen and oxygen atoms in total. The molecule has 3 saturated heterocycles. The minimum Gasteiger partial charge on any atom is -0.465 e. The van der Waals surface area contributed by atoms with Gasteiger partial charge in [0, 0.05) is 32.5 Å². The van der Waals surface area contributed by atoms with Gasteiger partial charge in [0.15, 0.2) is 5.60 Å². The van der Waals surface area contributed by atoms with Crippen molar-refractivity contribution in [2.45, 2.75) is 44.8 Å². The van der Waals surface area contributed by atoms with E-state index in [9.17, 15) is 9.59 Å². The van der Waals surface area contributed by atoms with Crippen LogP contribution in [0.25, 0.3) is 0 Å². The van der Waals surface area contributed by atoms with Gasteiger partial charge in [0.1, 0.15) is 18.1 Å². The predicted molar refractivity (Wildman–Crippen MR) is 101 cm³/mol. The number of carbonyl (C=O) groups is 2. The standard InChI is InChI=1S/C20H29N3O5/c1-15-2-3-17(27-15)13-22-8-4-16(5-9-22)12-21-18(24)23-10-6-20(7-11-23)14-26-19(25)28-20/h2-3,16H,4-14H2,1H3,(H,21,24). The van der Waals surface area contributed by atoms with Gasteiger partial charge in [-0.3, -0.25) is 4.90 Å². The average Bonchev–Trinajstić information content (AvgIpc) is 3.27. The third-order valence-electron chi connectivity index (χ3n) is 6.14. The number of ether oxygens (including phenoxy) is 2. The Kier molecular flexibility index (Phi) is 5.48. The first-order valence-corrected chi connectivity index (χ1v) is 10.2. The van der Waals surface area contributed by atoms with E-state index < -0.39 is 11.8 Å². The molecule has 0 saturated carbocycles. The average molecular weight is 391 g/mol. The van der Waals surface area contributed by atoms with Crippen LogP contribution < -0.4 is 5.32 Å². The highest BCUT2D eigenvalue weighted by molar-refractivity contribution is 5.74. The number of urea groups is 1. The third kappa shape index (κ3) is 4.43. The Balaban J connectivity index is 1.15. The van der Waals surface area contributed by atoms with Crippen molar-refractivity contribution in [2.24, 2.45) is 5.92 Å². The van der Waals surface area contributed by atoms with Gasteiger partial charge in [0.05, 0.1) is 6.54 Å². The van der Waals surface area contributed by atoms with Gasteiger partial charge in [-0.05, 0) is 50.9 Å². The van der Waals surface area contributed by atoms with Crippen molar-refractivity contribution in [1.82, 2.24) is 15.1 Å². The van der Waals surface area contributed by atoms with Crippen molar-refractivity contribution in [1.29, 1.82) is 0 Å². The van der Waals surface area contributed by atoms with Crippen molar-refractivity contribution in [3.8, 4) is 0 Å². The first kappa shape index (κ1) is 19.1. The fourth-order valence-electron chi connectivity index (χ4n) is 4.27. The summed E-state index contributed by atoms with van der Waals surface area (Å²) in [7, 11) is 0. The zero-order chi connectivity index (χ0) is 19.6. The van der Waals surface area contributed by atoms with E-state index in [1.165, 1.54) is 0 Å². The number of piperidine rings is 2. The Hall–Kier alpha value is -2.22. The number of hydrogen-bond acceptors (Lipinski definition) is 6. The quantitative estimate of drug-likeness (QED) is 0.794. The van der Waals surface area contributed by atoms with Crippen molar-refractivity contribution in [3.63, 3.8) is 0 Å². The van der Waals surface area contributed by atoms with Crippen LogP contribution in [-0.4, -0.2) is 66.9 Å². The number of nitrogens with one attached hydrogen (secondary N) is 1. The number of carbonyl (C=O) groups excluding carboxylic acids is 2. The van der Waals surface area contributed by atoms with E-state index in [1.54, 1.807) is 0 Å². The minimum absolute atomic E-state index is 0.0198. The summed E-state index contributed by atoms with van der Waals surface area (Å²) in [4.78, 5) is 27.9. The van der Waals surface area contributed by atoms with Crippen LogP contribution in [0.15, 0.2) is 16.5 Å². The minimum atomic E-state index is -0.591. The molecule has 1 spiro atoms. The molecule has 0 radical (unpaired) electrons. The Morgan fingerprint density at radius 1 is 1.21 bits per heavy atom. The molecule has 0 aromatic carbocycles. The maximum Gasteiger partial charge on any atom is 0.509 e. The van der Waals surface area contributed by atoms with E-state index in [0.717, 1.165) is 44.0 Å². The van der Waals surface area contributed by atoms with Crippen molar-refractivity contribution >= 4 is 12.2 Å². The number of rotatable bonds is 4. The first-order valence-electron chi connectivity index (χ1n) is 10.2.